The van der Waals surface area contributed by atoms with Gasteiger partial charge in [-0.3, -0.25) is 4.79 Å². The van der Waals surface area contributed by atoms with Gasteiger partial charge in [-0.1, -0.05) is 0 Å². The van der Waals surface area contributed by atoms with Gasteiger partial charge in [-0.2, -0.15) is 0 Å². The third kappa shape index (κ3) is 2.03. The standard InChI is InChI=1S/C11H16N2O3/c1-16-10(14)4-6-13-5-2-3-8-9(13)7-12-11(8)15/h4,6,8-9H,2-3,5,7H2,1H3,(H,12,15)/b6-4+. The molecule has 2 fully saturated rings. The molecule has 0 aromatic heterocycles. The van der Waals surface area contributed by atoms with E-state index in [1.807, 2.05) is 0 Å². The Morgan fingerprint density at radius 1 is 1.62 bits per heavy atom. The van der Waals surface area contributed by atoms with Crippen LogP contribution in [0, 0.1) is 5.92 Å². The monoisotopic (exact) mass is 224 g/mol. The van der Waals surface area contributed by atoms with Gasteiger partial charge in [0.1, 0.15) is 0 Å². The number of nitrogens with one attached hydrogen (secondary N) is 1. The third-order valence-electron chi connectivity index (χ3n) is 3.25. The summed E-state index contributed by atoms with van der Waals surface area (Å²) in [4.78, 5) is 24.5. The molecule has 0 bridgehead atoms. The predicted octanol–water partition coefficient (Wildman–Crippen LogP) is -0.116. The Morgan fingerprint density at radius 2 is 2.44 bits per heavy atom. The molecule has 0 aliphatic carbocycles. The average Bonchev–Trinajstić information content (AvgIpc) is 2.69. The molecule has 0 aromatic carbocycles. The van der Waals surface area contributed by atoms with E-state index in [-0.39, 0.29) is 23.8 Å². The number of hydrogen-bond acceptors (Lipinski definition) is 4. The summed E-state index contributed by atoms with van der Waals surface area (Å²) < 4.78 is 4.54. The van der Waals surface area contributed by atoms with E-state index < -0.39 is 0 Å². The average molecular weight is 224 g/mol. The van der Waals surface area contributed by atoms with Crippen LogP contribution in [0.15, 0.2) is 12.3 Å². The molecule has 2 unspecified atom stereocenters. The smallest absolute Gasteiger partial charge is 0.331 e. The number of amides is 1. The van der Waals surface area contributed by atoms with E-state index in [1.54, 1.807) is 6.20 Å². The largest absolute Gasteiger partial charge is 0.466 e. The van der Waals surface area contributed by atoms with Gasteiger partial charge in [0.25, 0.3) is 0 Å². The van der Waals surface area contributed by atoms with E-state index in [0.717, 1.165) is 19.4 Å². The molecule has 0 radical (unpaired) electrons. The lowest BCUT2D eigenvalue weighted by molar-refractivity contribution is -0.134. The molecule has 1 N–H and O–H groups in total. The molecule has 0 saturated carbocycles. The van der Waals surface area contributed by atoms with Crippen molar-refractivity contribution in [3.63, 3.8) is 0 Å². The Kier molecular flexibility index (Phi) is 3.12. The lowest BCUT2D eigenvalue weighted by Crippen LogP contribution is -2.42. The zero-order valence-electron chi connectivity index (χ0n) is 9.31. The number of carbonyl (C=O) groups excluding carboxylic acids is 2. The van der Waals surface area contributed by atoms with Crippen molar-refractivity contribution in [2.24, 2.45) is 5.92 Å². The first-order chi connectivity index (χ1) is 7.72. The summed E-state index contributed by atoms with van der Waals surface area (Å²) >= 11 is 0. The SMILES string of the molecule is COC(=O)/C=C/N1CCCC2C(=O)NCC21. The molecule has 2 atom stereocenters. The molecule has 0 spiro atoms. The second kappa shape index (κ2) is 4.55. The van der Waals surface area contributed by atoms with Gasteiger partial charge in [0.05, 0.1) is 19.1 Å². The maximum atomic E-state index is 11.5. The van der Waals surface area contributed by atoms with Gasteiger partial charge in [-0.15, -0.1) is 0 Å². The maximum Gasteiger partial charge on any atom is 0.331 e. The quantitative estimate of drug-likeness (QED) is 0.525. The number of ether oxygens (including phenoxy) is 1. The molecule has 88 valence electrons. The molecule has 0 aromatic rings. The zero-order chi connectivity index (χ0) is 11.5. The number of piperidine rings is 1. The van der Waals surface area contributed by atoms with Crippen molar-refractivity contribution >= 4 is 11.9 Å². The van der Waals surface area contributed by atoms with Crippen LogP contribution in [-0.2, 0) is 14.3 Å². The lowest BCUT2D eigenvalue weighted by Gasteiger charge is -2.34. The second-order valence-electron chi connectivity index (χ2n) is 4.14. The van der Waals surface area contributed by atoms with Gasteiger partial charge in [-0.25, -0.2) is 4.79 Å². The van der Waals surface area contributed by atoms with Gasteiger partial charge < -0.3 is 15.0 Å². The van der Waals surface area contributed by atoms with Crippen molar-refractivity contribution in [3.8, 4) is 0 Å². The Labute approximate surface area is 94.4 Å². The number of likely N-dealkylation sites (tertiary alicyclic amines) is 1. The number of carbonyl (C=O) groups is 2. The van der Waals surface area contributed by atoms with E-state index in [9.17, 15) is 9.59 Å². The number of rotatable bonds is 2. The highest BCUT2D eigenvalue weighted by Gasteiger charge is 2.39. The van der Waals surface area contributed by atoms with Crippen molar-refractivity contribution < 1.29 is 14.3 Å². The topological polar surface area (TPSA) is 58.6 Å². The molecular formula is C11H16N2O3. The summed E-state index contributed by atoms with van der Waals surface area (Å²) in [5, 5.41) is 2.86. The fourth-order valence-electron chi connectivity index (χ4n) is 2.39. The summed E-state index contributed by atoms with van der Waals surface area (Å²) in [5.74, 6) is -0.142. The highest BCUT2D eigenvalue weighted by atomic mass is 16.5. The summed E-state index contributed by atoms with van der Waals surface area (Å²) in [6.07, 6.45) is 5.08. The van der Waals surface area contributed by atoms with Crippen molar-refractivity contribution in [2.75, 3.05) is 20.2 Å². The Morgan fingerprint density at radius 3 is 3.19 bits per heavy atom. The molecule has 2 heterocycles. The molecule has 16 heavy (non-hydrogen) atoms. The lowest BCUT2D eigenvalue weighted by atomic mass is 9.92. The molecule has 2 rings (SSSR count). The van der Waals surface area contributed by atoms with Crippen molar-refractivity contribution in [3.05, 3.63) is 12.3 Å². The molecule has 5 nitrogen and oxygen atoms in total. The van der Waals surface area contributed by atoms with E-state index >= 15 is 0 Å². The third-order valence-corrected chi connectivity index (χ3v) is 3.25. The number of hydrogen-bond donors (Lipinski definition) is 1. The van der Waals surface area contributed by atoms with E-state index in [4.69, 9.17) is 0 Å². The van der Waals surface area contributed by atoms with Crippen LogP contribution in [0.4, 0.5) is 0 Å². The second-order valence-corrected chi connectivity index (χ2v) is 4.14. The van der Waals surface area contributed by atoms with Crippen LogP contribution in [-0.4, -0.2) is 43.0 Å². The van der Waals surface area contributed by atoms with E-state index in [0.29, 0.717) is 6.54 Å². The number of methoxy groups -OCH3 is 1. The van der Waals surface area contributed by atoms with Gasteiger partial charge in [0.15, 0.2) is 0 Å². The van der Waals surface area contributed by atoms with Crippen LogP contribution in [0.25, 0.3) is 0 Å². The highest BCUT2D eigenvalue weighted by molar-refractivity contribution is 5.82. The Hall–Kier alpha value is -1.52. The van der Waals surface area contributed by atoms with Crippen LogP contribution in [0.5, 0.6) is 0 Å². The number of esters is 1. The number of nitrogens with zero attached hydrogens (tertiary/aromatic N) is 1. The van der Waals surface area contributed by atoms with Crippen LogP contribution in [0.2, 0.25) is 0 Å². The highest BCUT2D eigenvalue weighted by Crippen LogP contribution is 2.27. The van der Waals surface area contributed by atoms with Crippen LogP contribution in [0.3, 0.4) is 0 Å². The van der Waals surface area contributed by atoms with Crippen molar-refractivity contribution in [2.45, 2.75) is 18.9 Å². The minimum atomic E-state index is -0.362. The first-order valence-corrected chi connectivity index (χ1v) is 5.52. The maximum absolute atomic E-state index is 11.5. The fraction of sp³-hybridized carbons (Fsp3) is 0.636. The van der Waals surface area contributed by atoms with Crippen LogP contribution < -0.4 is 5.32 Å². The molecule has 2 saturated heterocycles. The minimum absolute atomic E-state index is 0.0797. The fourth-order valence-corrected chi connectivity index (χ4v) is 2.39. The van der Waals surface area contributed by atoms with Crippen molar-refractivity contribution in [1.29, 1.82) is 0 Å². The summed E-state index contributed by atoms with van der Waals surface area (Å²) in [7, 11) is 1.35. The van der Waals surface area contributed by atoms with Gasteiger partial charge in [0, 0.05) is 25.4 Å². The van der Waals surface area contributed by atoms with Crippen molar-refractivity contribution in [1.82, 2.24) is 10.2 Å². The summed E-state index contributed by atoms with van der Waals surface area (Å²) in [5.41, 5.74) is 0. The number of fused-ring (bicyclic) bond motifs is 1. The molecule has 5 heteroatoms. The van der Waals surface area contributed by atoms with E-state index in [2.05, 4.69) is 15.0 Å². The molecular weight excluding hydrogens is 208 g/mol. The predicted molar refractivity (Wildman–Crippen MR) is 57.4 cm³/mol. The van der Waals surface area contributed by atoms with Crippen LogP contribution in [0.1, 0.15) is 12.8 Å². The zero-order valence-corrected chi connectivity index (χ0v) is 9.31. The van der Waals surface area contributed by atoms with Gasteiger partial charge in [-0.05, 0) is 12.8 Å². The normalized spacial score (nSPS) is 29.1. The van der Waals surface area contributed by atoms with E-state index in [1.165, 1.54) is 13.2 Å². The molecule has 2 aliphatic heterocycles. The summed E-state index contributed by atoms with van der Waals surface area (Å²) in [6.45, 7) is 1.57. The Balaban J connectivity index is 2.02. The Bertz CT molecular complexity index is 327. The molecule has 1 amide bonds. The van der Waals surface area contributed by atoms with Gasteiger partial charge >= 0.3 is 5.97 Å². The molecule has 2 aliphatic rings. The van der Waals surface area contributed by atoms with Gasteiger partial charge in [0.2, 0.25) is 5.91 Å². The first-order valence-electron chi connectivity index (χ1n) is 5.52. The first kappa shape index (κ1) is 11.0. The van der Waals surface area contributed by atoms with Crippen LogP contribution >= 0.6 is 0 Å². The summed E-state index contributed by atoms with van der Waals surface area (Å²) in [6, 6.07) is 0.196. The minimum Gasteiger partial charge on any atom is -0.466 e.